The Bertz CT molecular complexity index is 855. The van der Waals surface area contributed by atoms with Crippen LogP contribution in [-0.2, 0) is 4.74 Å². The molecule has 3 aliphatic rings. The second-order valence-electron chi connectivity index (χ2n) is 7.47. The van der Waals surface area contributed by atoms with E-state index in [2.05, 4.69) is 32.3 Å². The van der Waals surface area contributed by atoms with Crippen molar-refractivity contribution in [1.82, 2.24) is 15.1 Å². The molecule has 160 valence electrons. The summed E-state index contributed by atoms with van der Waals surface area (Å²) in [5.74, 6) is 1.08. The van der Waals surface area contributed by atoms with Crippen molar-refractivity contribution < 1.29 is 9.53 Å². The normalized spacial score (nSPS) is 21.3. The van der Waals surface area contributed by atoms with Crippen LogP contribution < -0.4 is 10.6 Å². The summed E-state index contributed by atoms with van der Waals surface area (Å²) in [5.41, 5.74) is 4.32. The van der Waals surface area contributed by atoms with Crippen molar-refractivity contribution in [2.45, 2.75) is 26.4 Å². The van der Waals surface area contributed by atoms with Gasteiger partial charge < -0.3 is 25.2 Å². The summed E-state index contributed by atoms with van der Waals surface area (Å²) in [5, 5.41) is 5.60. The van der Waals surface area contributed by atoms with E-state index in [0.29, 0.717) is 6.54 Å². The molecule has 0 radical (unpaired) electrons. The summed E-state index contributed by atoms with van der Waals surface area (Å²) in [6.07, 6.45) is 2.81. The van der Waals surface area contributed by atoms with Gasteiger partial charge in [-0.1, -0.05) is 12.1 Å². The Labute approximate surface area is 177 Å². The van der Waals surface area contributed by atoms with E-state index in [1.165, 1.54) is 11.3 Å². The topological polar surface area (TPSA) is 81.6 Å². The highest BCUT2D eigenvalue weighted by molar-refractivity contribution is 6.05. The SMILES string of the molecule is CCNC(=O)Nc1ccc(C2N=C(N3CCOCC3)C3=C(C=NCC3)N2CC)cc1. The number of hydrogen-bond donors (Lipinski definition) is 2. The molecule has 1 atom stereocenters. The van der Waals surface area contributed by atoms with Crippen molar-refractivity contribution in [3.05, 3.63) is 41.1 Å². The number of dihydropyridines is 1. The van der Waals surface area contributed by atoms with Crippen molar-refractivity contribution in [2.75, 3.05) is 51.3 Å². The number of ether oxygens (including phenoxy) is 1. The predicted octanol–water partition coefficient (Wildman–Crippen LogP) is 2.62. The Balaban J connectivity index is 1.64. The van der Waals surface area contributed by atoms with Gasteiger partial charge in [-0.2, -0.15) is 0 Å². The molecule has 0 spiro atoms. The predicted molar refractivity (Wildman–Crippen MR) is 119 cm³/mol. The van der Waals surface area contributed by atoms with Crippen LogP contribution in [0, 0.1) is 0 Å². The van der Waals surface area contributed by atoms with E-state index in [-0.39, 0.29) is 12.2 Å². The second kappa shape index (κ2) is 9.30. The molecule has 2 amide bonds. The fourth-order valence-electron chi connectivity index (χ4n) is 4.12. The van der Waals surface area contributed by atoms with Gasteiger partial charge in [-0.05, 0) is 38.0 Å². The van der Waals surface area contributed by atoms with Gasteiger partial charge in [0.05, 0.1) is 18.9 Å². The monoisotopic (exact) mass is 410 g/mol. The Morgan fingerprint density at radius 3 is 2.67 bits per heavy atom. The molecule has 30 heavy (non-hydrogen) atoms. The summed E-state index contributed by atoms with van der Waals surface area (Å²) in [6, 6.07) is 7.75. The molecule has 8 heteroatoms. The first-order valence-corrected chi connectivity index (χ1v) is 10.8. The molecule has 1 aromatic carbocycles. The summed E-state index contributed by atoms with van der Waals surface area (Å²) in [4.78, 5) is 26.2. The van der Waals surface area contributed by atoms with Crippen LogP contribution in [-0.4, -0.2) is 73.8 Å². The third-order valence-electron chi connectivity index (χ3n) is 5.59. The highest BCUT2D eigenvalue weighted by Gasteiger charge is 2.33. The zero-order chi connectivity index (χ0) is 20.9. The summed E-state index contributed by atoms with van der Waals surface area (Å²) >= 11 is 0. The van der Waals surface area contributed by atoms with Crippen LogP contribution in [0.5, 0.6) is 0 Å². The molecule has 3 aliphatic heterocycles. The van der Waals surface area contributed by atoms with Crippen LogP contribution in [0.4, 0.5) is 10.5 Å². The standard InChI is InChI=1S/C22H30N6O2/c1-3-24-22(29)25-17-7-5-16(6-8-17)20-26-21(27-11-13-30-14-12-27)18-9-10-23-15-19(18)28(20)4-2/h5-8,15,20H,3-4,9-14H2,1-2H3,(H2,24,25,29). The number of benzene rings is 1. The van der Waals surface area contributed by atoms with E-state index >= 15 is 0 Å². The lowest BCUT2D eigenvalue weighted by Crippen LogP contribution is -2.46. The second-order valence-corrected chi connectivity index (χ2v) is 7.47. The van der Waals surface area contributed by atoms with E-state index in [0.717, 1.165) is 62.9 Å². The molecule has 0 aliphatic carbocycles. The van der Waals surface area contributed by atoms with Crippen LogP contribution in [0.15, 0.2) is 45.5 Å². The van der Waals surface area contributed by atoms with E-state index in [1.54, 1.807) is 0 Å². The number of hydrogen-bond acceptors (Lipinski definition) is 6. The Hall–Kier alpha value is -2.87. The van der Waals surface area contributed by atoms with Crippen molar-refractivity contribution in [3.8, 4) is 0 Å². The fraction of sp³-hybridized carbons (Fsp3) is 0.500. The third kappa shape index (κ3) is 4.18. The Morgan fingerprint density at radius 1 is 1.20 bits per heavy atom. The maximum Gasteiger partial charge on any atom is 0.319 e. The fourth-order valence-corrected chi connectivity index (χ4v) is 4.12. The number of anilines is 1. The molecule has 4 rings (SSSR count). The van der Waals surface area contributed by atoms with E-state index in [1.807, 2.05) is 37.4 Å². The summed E-state index contributed by atoms with van der Waals surface area (Å²) in [7, 11) is 0. The number of amides is 2. The molecule has 0 saturated carbocycles. The van der Waals surface area contributed by atoms with Crippen molar-refractivity contribution >= 4 is 23.8 Å². The number of carbonyl (C=O) groups is 1. The lowest BCUT2D eigenvalue weighted by Gasteiger charge is -2.41. The summed E-state index contributed by atoms with van der Waals surface area (Å²) in [6.45, 7) is 9.49. The zero-order valence-electron chi connectivity index (χ0n) is 17.7. The maximum atomic E-state index is 11.8. The van der Waals surface area contributed by atoms with Crippen molar-refractivity contribution in [3.63, 3.8) is 0 Å². The zero-order valence-corrected chi connectivity index (χ0v) is 17.7. The molecule has 0 aromatic heterocycles. The van der Waals surface area contributed by atoms with Gasteiger partial charge in [-0.3, -0.25) is 4.99 Å². The molecule has 2 N–H and O–H groups in total. The van der Waals surface area contributed by atoms with E-state index in [9.17, 15) is 4.79 Å². The number of nitrogens with one attached hydrogen (secondary N) is 2. The lowest BCUT2D eigenvalue weighted by molar-refractivity contribution is 0.0671. The highest BCUT2D eigenvalue weighted by Crippen LogP contribution is 2.35. The van der Waals surface area contributed by atoms with Gasteiger partial charge in [0, 0.05) is 50.2 Å². The molecule has 1 unspecified atom stereocenters. The minimum absolute atomic E-state index is 0.116. The van der Waals surface area contributed by atoms with Crippen LogP contribution in [0.3, 0.4) is 0 Å². The third-order valence-corrected chi connectivity index (χ3v) is 5.59. The van der Waals surface area contributed by atoms with Crippen LogP contribution in [0.1, 0.15) is 32.0 Å². The number of carbonyl (C=O) groups excluding carboxylic acids is 1. The minimum Gasteiger partial charge on any atom is -0.378 e. The molecule has 8 nitrogen and oxygen atoms in total. The smallest absolute Gasteiger partial charge is 0.319 e. The number of morpholine rings is 1. The number of aliphatic imine (C=N–C) groups is 2. The van der Waals surface area contributed by atoms with E-state index < -0.39 is 0 Å². The van der Waals surface area contributed by atoms with Gasteiger partial charge in [0.15, 0.2) is 0 Å². The Kier molecular flexibility index (Phi) is 6.32. The van der Waals surface area contributed by atoms with Gasteiger partial charge in [0.25, 0.3) is 0 Å². The quantitative estimate of drug-likeness (QED) is 0.800. The van der Waals surface area contributed by atoms with Gasteiger partial charge >= 0.3 is 6.03 Å². The molecule has 1 aromatic rings. The van der Waals surface area contributed by atoms with E-state index in [4.69, 9.17) is 9.73 Å². The number of allylic oxidation sites excluding steroid dienone is 1. The maximum absolute atomic E-state index is 11.8. The molecule has 3 heterocycles. The lowest BCUT2D eigenvalue weighted by atomic mass is 10.00. The van der Waals surface area contributed by atoms with Crippen molar-refractivity contribution in [1.29, 1.82) is 0 Å². The molecular formula is C22H30N6O2. The molecule has 0 bridgehead atoms. The number of rotatable bonds is 4. The van der Waals surface area contributed by atoms with Crippen LogP contribution >= 0.6 is 0 Å². The number of amidine groups is 1. The highest BCUT2D eigenvalue weighted by atomic mass is 16.5. The average molecular weight is 411 g/mol. The van der Waals surface area contributed by atoms with Gasteiger partial charge in [0.2, 0.25) is 0 Å². The van der Waals surface area contributed by atoms with Crippen LogP contribution in [0.2, 0.25) is 0 Å². The van der Waals surface area contributed by atoms with Crippen LogP contribution in [0.25, 0.3) is 0 Å². The largest absolute Gasteiger partial charge is 0.378 e. The molecule has 1 saturated heterocycles. The first kappa shape index (κ1) is 20.4. The first-order chi connectivity index (χ1) is 14.7. The number of nitrogens with zero attached hydrogens (tertiary/aromatic N) is 4. The summed E-state index contributed by atoms with van der Waals surface area (Å²) < 4.78 is 5.55. The van der Waals surface area contributed by atoms with Crippen molar-refractivity contribution in [2.24, 2.45) is 9.98 Å². The van der Waals surface area contributed by atoms with Gasteiger partial charge in [-0.15, -0.1) is 0 Å². The number of urea groups is 1. The molecule has 1 fully saturated rings. The first-order valence-electron chi connectivity index (χ1n) is 10.8. The minimum atomic E-state index is -0.195. The van der Waals surface area contributed by atoms with Gasteiger partial charge in [-0.25, -0.2) is 9.79 Å². The molecular weight excluding hydrogens is 380 g/mol. The average Bonchev–Trinajstić information content (AvgIpc) is 2.79. The van der Waals surface area contributed by atoms with Gasteiger partial charge in [0.1, 0.15) is 12.0 Å². The Morgan fingerprint density at radius 2 is 1.97 bits per heavy atom.